The van der Waals surface area contributed by atoms with E-state index in [1.807, 2.05) is 6.26 Å². The number of aromatic nitrogens is 3. The Morgan fingerprint density at radius 3 is 2.63 bits per heavy atom. The third kappa shape index (κ3) is 6.29. The van der Waals surface area contributed by atoms with E-state index in [9.17, 15) is 13.2 Å². The van der Waals surface area contributed by atoms with Crippen LogP contribution in [-0.4, -0.2) is 48.4 Å². The van der Waals surface area contributed by atoms with Gasteiger partial charge >= 0.3 is 0 Å². The lowest BCUT2D eigenvalue weighted by molar-refractivity contribution is 0.0952. The third-order valence-corrected chi connectivity index (χ3v) is 6.70. The highest BCUT2D eigenvalue weighted by Crippen LogP contribution is 2.17. The minimum Gasteiger partial charge on any atom is -0.352 e. The fourth-order valence-corrected chi connectivity index (χ4v) is 4.62. The average Bonchev–Trinajstić information content (AvgIpc) is 3.06. The minimum absolute atomic E-state index is 0.0893. The van der Waals surface area contributed by atoms with Crippen molar-refractivity contribution in [1.82, 2.24) is 24.8 Å². The fraction of sp³-hybridized carbons (Fsp3) is 0.550. The molecule has 1 amide bonds. The second-order valence-electron chi connectivity index (χ2n) is 7.44. The number of carbonyl (C=O) groups is 1. The van der Waals surface area contributed by atoms with Crippen LogP contribution in [0.4, 0.5) is 0 Å². The van der Waals surface area contributed by atoms with Crippen molar-refractivity contribution in [2.45, 2.75) is 57.1 Å². The Labute approximate surface area is 183 Å². The highest BCUT2D eigenvalue weighted by atomic mass is 32.2. The summed E-state index contributed by atoms with van der Waals surface area (Å²) in [5.41, 5.74) is 1.09. The van der Waals surface area contributed by atoms with Crippen molar-refractivity contribution in [3.63, 3.8) is 0 Å². The SMILES string of the molecule is CCNS(=O)(=O)c1ccc(C)c(C(=O)NCCCc2nnc(SC)n2CC(C)C)c1. The lowest BCUT2D eigenvalue weighted by Crippen LogP contribution is -2.27. The van der Waals surface area contributed by atoms with Crippen LogP contribution in [-0.2, 0) is 23.0 Å². The Balaban J connectivity index is 2.00. The number of carbonyl (C=O) groups excluding carboxylic acids is 1. The number of hydrogen-bond donors (Lipinski definition) is 2. The second kappa shape index (κ2) is 10.9. The van der Waals surface area contributed by atoms with Gasteiger partial charge in [-0.3, -0.25) is 4.79 Å². The van der Waals surface area contributed by atoms with Gasteiger partial charge in [0.15, 0.2) is 5.16 Å². The second-order valence-corrected chi connectivity index (χ2v) is 9.99. The first-order valence-corrected chi connectivity index (χ1v) is 12.7. The van der Waals surface area contributed by atoms with Crippen LogP contribution in [0.5, 0.6) is 0 Å². The molecule has 166 valence electrons. The highest BCUT2D eigenvalue weighted by molar-refractivity contribution is 7.98. The summed E-state index contributed by atoms with van der Waals surface area (Å²) in [4.78, 5) is 12.7. The number of sulfonamides is 1. The van der Waals surface area contributed by atoms with E-state index in [-0.39, 0.29) is 17.3 Å². The molecule has 0 atom stereocenters. The van der Waals surface area contributed by atoms with Crippen LogP contribution in [0.1, 0.15) is 48.9 Å². The molecule has 1 heterocycles. The van der Waals surface area contributed by atoms with E-state index in [4.69, 9.17) is 0 Å². The minimum atomic E-state index is -3.61. The Morgan fingerprint density at radius 2 is 2.00 bits per heavy atom. The van der Waals surface area contributed by atoms with Crippen LogP contribution in [0, 0.1) is 12.8 Å². The first-order chi connectivity index (χ1) is 14.2. The molecule has 2 N–H and O–H groups in total. The molecule has 8 nitrogen and oxygen atoms in total. The molecule has 0 saturated heterocycles. The molecule has 1 aromatic carbocycles. The van der Waals surface area contributed by atoms with Crippen LogP contribution in [0.15, 0.2) is 28.3 Å². The Morgan fingerprint density at radius 1 is 1.27 bits per heavy atom. The summed E-state index contributed by atoms with van der Waals surface area (Å²) >= 11 is 1.57. The fourth-order valence-electron chi connectivity index (χ4n) is 3.03. The first kappa shape index (κ1) is 24.4. The monoisotopic (exact) mass is 453 g/mol. The molecule has 0 spiro atoms. The zero-order valence-corrected chi connectivity index (χ0v) is 19.9. The quantitative estimate of drug-likeness (QED) is 0.400. The lowest BCUT2D eigenvalue weighted by atomic mass is 10.1. The van der Waals surface area contributed by atoms with E-state index in [1.54, 1.807) is 31.7 Å². The molecule has 0 bridgehead atoms. The molecule has 0 aliphatic carbocycles. The Hall–Kier alpha value is -1.91. The van der Waals surface area contributed by atoms with Gasteiger partial charge in [0, 0.05) is 31.6 Å². The standard InChI is InChI=1S/C20H31N5O3S2/c1-6-22-30(27,28)16-10-9-15(4)17(12-16)19(26)21-11-7-8-18-23-24-20(29-5)25(18)13-14(2)3/h9-10,12,14,22H,6-8,11,13H2,1-5H3,(H,21,26). The Bertz CT molecular complexity index is 971. The zero-order chi connectivity index (χ0) is 22.3. The van der Waals surface area contributed by atoms with Crippen molar-refractivity contribution in [2.75, 3.05) is 19.3 Å². The summed E-state index contributed by atoms with van der Waals surface area (Å²) in [6, 6.07) is 4.58. The van der Waals surface area contributed by atoms with Crippen LogP contribution in [0.25, 0.3) is 0 Å². The van der Waals surface area contributed by atoms with Gasteiger partial charge in [-0.05, 0) is 43.2 Å². The predicted molar refractivity (Wildman–Crippen MR) is 119 cm³/mol. The summed E-state index contributed by atoms with van der Waals surface area (Å²) < 4.78 is 29.0. The molecule has 0 fully saturated rings. The molecule has 1 aromatic heterocycles. The average molecular weight is 454 g/mol. The van der Waals surface area contributed by atoms with Gasteiger partial charge in [-0.25, -0.2) is 13.1 Å². The summed E-state index contributed by atoms with van der Waals surface area (Å²) in [7, 11) is -3.61. The summed E-state index contributed by atoms with van der Waals surface area (Å²) in [6.07, 6.45) is 3.40. The van der Waals surface area contributed by atoms with E-state index in [0.717, 1.165) is 23.1 Å². The molecular formula is C20H31N5O3S2. The van der Waals surface area contributed by atoms with Crippen LogP contribution < -0.4 is 10.0 Å². The van der Waals surface area contributed by atoms with Gasteiger partial charge in [-0.2, -0.15) is 0 Å². The smallest absolute Gasteiger partial charge is 0.251 e. The molecule has 30 heavy (non-hydrogen) atoms. The van der Waals surface area contributed by atoms with Crippen LogP contribution in [0.3, 0.4) is 0 Å². The van der Waals surface area contributed by atoms with E-state index in [0.29, 0.717) is 30.9 Å². The largest absolute Gasteiger partial charge is 0.352 e. The van der Waals surface area contributed by atoms with Crippen molar-refractivity contribution >= 4 is 27.7 Å². The van der Waals surface area contributed by atoms with E-state index < -0.39 is 10.0 Å². The third-order valence-electron chi connectivity index (χ3n) is 4.48. The van der Waals surface area contributed by atoms with Gasteiger partial charge in [0.1, 0.15) is 5.82 Å². The number of nitrogens with zero attached hydrogens (tertiary/aromatic N) is 3. The molecule has 0 saturated carbocycles. The molecule has 10 heteroatoms. The van der Waals surface area contributed by atoms with Gasteiger partial charge < -0.3 is 9.88 Å². The topological polar surface area (TPSA) is 106 Å². The first-order valence-electron chi connectivity index (χ1n) is 10.0. The molecule has 0 radical (unpaired) electrons. The number of aryl methyl sites for hydroxylation is 2. The van der Waals surface area contributed by atoms with Crippen LogP contribution in [0.2, 0.25) is 0 Å². The number of thioether (sulfide) groups is 1. The molecule has 2 rings (SSSR count). The number of nitrogens with one attached hydrogen (secondary N) is 2. The lowest BCUT2D eigenvalue weighted by Gasteiger charge is -2.12. The molecular weight excluding hydrogens is 422 g/mol. The molecule has 0 aliphatic rings. The van der Waals surface area contributed by atoms with E-state index >= 15 is 0 Å². The van der Waals surface area contributed by atoms with Crippen LogP contribution >= 0.6 is 11.8 Å². The number of amides is 1. The van der Waals surface area contributed by atoms with Crippen molar-refractivity contribution in [2.24, 2.45) is 5.92 Å². The van der Waals surface area contributed by atoms with Gasteiger partial charge in [0.2, 0.25) is 10.0 Å². The van der Waals surface area contributed by atoms with E-state index in [2.05, 4.69) is 38.7 Å². The van der Waals surface area contributed by atoms with Gasteiger partial charge in [0.25, 0.3) is 5.91 Å². The van der Waals surface area contributed by atoms with Gasteiger partial charge in [-0.1, -0.05) is 38.6 Å². The number of rotatable bonds is 11. The zero-order valence-electron chi connectivity index (χ0n) is 18.2. The molecule has 0 aliphatic heterocycles. The summed E-state index contributed by atoms with van der Waals surface area (Å²) in [6.45, 7) is 9.42. The summed E-state index contributed by atoms with van der Waals surface area (Å²) in [5, 5.41) is 12.3. The highest BCUT2D eigenvalue weighted by Gasteiger charge is 2.17. The predicted octanol–water partition coefficient (Wildman–Crippen LogP) is 2.63. The van der Waals surface area contributed by atoms with Crippen molar-refractivity contribution in [3.8, 4) is 0 Å². The number of benzene rings is 1. The molecule has 0 unspecified atom stereocenters. The number of hydrogen-bond acceptors (Lipinski definition) is 6. The van der Waals surface area contributed by atoms with Crippen molar-refractivity contribution in [3.05, 3.63) is 35.2 Å². The maximum absolute atomic E-state index is 12.6. The maximum Gasteiger partial charge on any atom is 0.251 e. The normalized spacial score (nSPS) is 11.8. The Kier molecular flexibility index (Phi) is 8.87. The summed E-state index contributed by atoms with van der Waals surface area (Å²) in [5.74, 6) is 1.12. The van der Waals surface area contributed by atoms with E-state index in [1.165, 1.54) is 12.1 Å². The van der Waals surface area contributed by atoms with Gasteiger partial charge in [0.05, 0.1) is 4.90 Å². The van der Waals surface area contributed by atoms with Gasteiger partial charge in [-0.15, -0.1) is 10.2 Å². The van der Waals surface area contributed by atoms with Crippen molar-refractivity contribution < 1.29 is 13.2 Å². The molecule has 2 aromatic rings. The van der Waals surface area contributed by atoms with Crippen molar-refractivity contribution in [1.29, 1.82) is 0 Å². The maximum atomic E-state index is 12.6.